The number of carbonyl (C=O) groups excluding carboxylic acids is 1. The summed E-state index contributed by atoms with van der Waals surface area (Å²) in [5.41, 5.74) is 1.83. The molecule has 0 unspecified atom stereocenters. The first-order valence-electron chi connectivity index (χ1n) is 13.0. The van der Waals surface area contributed by atoms with Crippen molar-refractivity contribution in [2.45, 2.75) is 52.1 Å². The zero-order valence-corrected chi connectivity index (χ0v) is 22.5. The van der Waals surface area contributed by atoms with Gasteiger partial charge in [0.2, 0.25) is 0 Å². The van der Waals surface area contributed by atoms with E-state index in [1.807, 2.05) is 39.0 Å². The lowest BCUT2D eigenvalue weighted by Gasteiger charge is -2.26. The van der Waals surface area contributed by atoms with Crippen molar-refractivity contribution in [3.63, 3.8) is 0 Å². The lowest BCUT2D eigenvalue weighted by molar-refractivity contribution is -0.137. The number of halogens is 3. The summed E-state index contributed by atoms with van der Waals surface area (Å²) >= 11 is 0. The van der Waals surface area contributed by atoms with Crippen LogP contribution in [0.3, 0.4) is 0 Å². The van der Waals surface area contributed by atoms with Crippen molar-refractivity contribution in [2.75, 3.05) is 13.1 Å². The van der Waals surface area contributed by atoms with E-state index in [9.17, 15) is 22.8 Å². The fourth-order valence-corrected chi connectivity index (χ4v) is 4.75. The smallest absolute Gasteiger partial charge is 0.416 e. The van der Waals surface area contributed by atoms with E-state index in [-0.39, 0.29) is 18.3 Å². The van der Waals surface area contributed by atoms with Crippen molar-refractivity contribution in [3.05, 3.63) is 94.0 Å². The van der Waals surface area contributed by atoms with Gasteiger partial charge in [-0.3, -0.25) is 9.36 Å². The SMILES string of the molecule is CC(C)(C)OC(=O)N1CCc2cc3cc(-n4ccc(OCc5ccc(C(F)(F)F)cc5)cc4=O)ccc3n2CC1. The van der Waals surface area contributed by atoms with E-state index in [0.29, 0.717) is 43.1 Å². The quantitative estimate of drug-likeness (QED) is 0.303. The van der Waals surface area contributed by atoms with Gasteiger partial charge in [0.15, 0.2) is 0 Å². The number of nitrogens with zero attached hydrogens (tertiary/aromatic N) is 3. The van der Waals surface area contributed by atoms with E-state index in [0.717, 1.165) is 28.7 Å². The van der Waals surface area contributed by atoms with Crippen molar-refractivity contribution in [1.82, 2.24) is 14.0 Å². The molecule has 1 aliphatic rings. The Balaban J connectivity index is 1.28. The highest BCUT2D eigenvalue weighted by Crippen LogP contribution is 2.29. The Labute approximate surface area is 229 Å². The number of fused-ring (bicyclic) bond motifs is 3. The summed E-state index contributed by atoms with van der Waals surface area (Å²) < 4.78 is 53.1. The highest BCUT2D eigenvalue weighted by molar-refractivity contribution is 5.83. The molecule has 7 nitrogen and oxygen atoms in total. The van der Waals surface area contributed by atoms with Crippen molar-refractivity contribution in [1.29, 1.82) is 0 Å². The Kier molecular flexibility index (Phi) is 7.12. The summed E-state index contributed by atoms with van der Waals surface area (Å²) in [6.07, 6.45) is -2.40. The maximum absolute atomic E-state index is 12.9. The van der Waals surface area contributed by atoms with Crippen LogP contribution in [-0.2, 0) is 30.5 Å². The maximum Gasteiger partial charge on any atom is 0.416 e. The van der Waals surface area contributed by atoms with Crippen molar-refractivity contribution in [2.24, 2.45) is 0 Å². The fraction of sp³-hybridized carbons (Fsp3) is 0.333. The molecule has 3 heterocycles. The molecule has 5 rings (SSSR count). The molecule has 4 aromatic rings. The van der Waals surface area contributed by atoms with Crippen LogP contribution >= 0.6 is 0 Å². The number of aromatic nitrogens is 2. The lowest BCUT2D eigenvalue weighted by Crippen LogP contribution is -2.38. The van der Waals surface area contributed by atoms with Gasteiger partial charge >= 0.3 is 12.3 Å². The zero-order chi connectivity index (χ0) is 28.7. The minimum Gasteiger partial charge on any atom is -0.489 e. The standard InChI is InChI=1S/C30H30F3N3O4/c1-29(2,3)40-28(38)34-12-10-24-17-21-16-23(8-9-26(21)35(24)15-14-34)36-13-11-25(18-27(36)37)39-19-20-4-6-22(7-5-20)30(31,32)33/h4-9,11,13,16-18H,10,12,14-15,19H2,1-3H3. The second-order valence-electron chi connectivity index (χ2n) is 10.8. The summed E-state index contributed by atoms with van der Waals surface area (Å²) in [6, 6.07) is 15.6. The van der Waals surface area contributed by atoms with Gasteiger partial charge in [-0.2, -0.15) is 13.2 Å². The van der Waals surface area contributed by atoms with Gasteiger partial charge in [0.1, 0.15) is 18.0 Å². The summed E-state index contributed by atoms with van der Waals surface area (Å²) in [7, 11) is 0. The highest BCUT2D eigenvalue weighted by Gasteiger charge is 2.30. The predicted octanol–water partition coefficient (Wildman–Crippen LogP) is 6.18. The molecule has 0 fully saturated rings. The van der Waals surface area contributed by atoms with Crippen LogP contribution in [-0.4, -0.2) is 38.8 Å². The third-order valence-electron chi connectivity index (χ3n) is 6.71. The maximum atomic E-state index is 12.9. The molecule has 10 heteroatoms. The van der Waals surface area contributed by atoms with Crippen molar-refractivity contribution in [3.8, 4) is 11.4 Å². The Morgan fingerprint density at radius 1 is 0.925 bits per heavy atom. The van der Waals surface area contributed by atoms with Crippen LogP contribution < -0.4 is 10.3 Å². The largest absolute Gasteiger partial charge is 0.489 e. The predicted molar refractivity (Wildman–Crippen MR) is 145 cm³/mol. The average Bonchev–Trinajstić information content (AvgIpc) is 3.08. The van der Waals surface area contributed by atoms with E-state index in [1.54, 1.807) is 17.2 Å². The number of ether oxygens (including phenoxy) is 2. The summed E-state index contributed by atoms with van der Waals surface area (Å²) in [6.45, 7) is 7.34. The third-order valence-corrected chi connectivity index (χ3v) is 6.71. The molecule has 0 saturated carbocycles. The normalized spacial score (nSPS) is 14.1. The molecular weight excluding hydrogens is 523 g/mol. The molecule has 1 aliphatic heterocycles. The monoisotopic (exact) mass is 553 g/mol. The summed E-state index contributed by atoms with van der Waals surface area (Å²) in [5, 5.41) is 0.993. The fourth-order valence-electron chi connectivity index (χ4n) is 4.75. The molecule has 0 atom stereocenters. The molecule has 1 amide bonds. The molecular formula is C30H30F3N3O4. The van der Waals surface area contributed by atoms with Gasteiger partial charge in [0, 0.05) is 60.6 Å². The molecule has 0 aliphatic carbocycles. The van der Waals surface area contributed by atoms with Gasteiger partial charge in [0.25, 0.3) is 5.56 Å². The van der Waals surface area contributed by atoms with E-state index in [2.05, 4.69) is 10.6 Å². The van der Waals surface area contributed by atoms with Gasteiger partial charge in [-0.1, -0.05) is 12.1 Å². The Morgan fingerprint density at radius 2 is 1.68 bits per heavy atom. The minimum absolute atomic E-state index is 0.0369. The van der Waals surface area contributed by atoms with Crippen molar-refractivity contribution < 1.29 is 27.4 Å². The van der Waals surface area contributed by atoms with Crippen LogP contribution in [0.25, 0.3) is 16.6 Å². The van der Waals surface area contributed by atoms with Gasteiger partial charge in [-0.15, -0.1) is 0 Å². The molecule has 0 spiro atoms. The summed E-state index contributed by atoms with van der Waals surface area (Å²) in [5.74, 6) is 0.326. The van der Waals surface area contributed by atoms with Crippen LogP contribution in [0.1, 0.15) is 37.6 Å². The lowest BCUT2D eigenvalue weighted by atomic mass is 10.1. The van der Waals surface area contributed by atoms with Gasteiger partial charge in [-0.05, 0) is 68.8 Å². The van der Waals surface area contributed by atoms with E-state index < -0.39 is 17.3 Å². The first-order valence-corrected chi connectivity index (χ1v) is 13.0. The van der Waals surface area contributed by atoms with E-state index in [4.69, 9.17) is 9.47 Å². The second-order valence-corrected chi connectivity index (χ2v) is 10.8. The number of benzene rings is 2. The third kappa shape index (κ3) is 6.00. The Bertz CT molecular complexity index is 1600. The number of alkyl halides is 3. The van der Waals surface area contributed by atoms with Crippen molar-refractivity contribution >= 4 is 17.0 Å². The first kappa shape index (κ1) is 27.4. The van der Waals surface area contributed by atoms with E-state index >= 15 is 0 Å². The molecule has 2 aromatic carbocycles. The number of hydrogen-bond donors (Lipinski definition) is 0. The van der Waals surface area contributed by atoms with Crippen LogP contribution in [0.4, 0.5) is 18.0 Å². The van der Waals surface area contributed by atoms with Gasteiger partial charge in [0.05, 0.1) is 5.56 Å². The number of pyridine rings is 1. The molecule has 2 aromatic heterocycles. The molecule has 0 radical (unpaired) electrons. The zero-order valence-electron chi connectivity index (χ0n) is 22.5. The van der Waals surface area contributed by atoms with Crippen LogP contribution in [0.5, 0.6) is 5.75 Å². The molecule has 0 N–H and O–H groups in total. The topological polar surface area (TPSA) is 65.7 Å². The summed E-state index contributed by atoms with van der Waals surface area (Å²) in [4.78, 5) is 27.2. The number of carbonyl (C=O) groups is 1. The minimum atomic E-state index is -4.39. The Hall–Kier alpha value is -4.21. The highest BCUT2D eigenvalue weighted by atomic mass is 19.4. The first-order chi connectivity index (χ1) is 18.9. The molecule has 0 saturated heterocycles. The molecule has 0 bridgehead atoms. The van der Waals surface area contributed by atoms with E-state index in [1.165, 1.54) is 22.8 Å². The second kappa shape index (κ2) is 10.4. The van der Waals surface area contributed by atoms with Crippen LogP contribution in [0.2, 0.25) is 0 Å². The number of hydrogen-bond acceptors (Lipinski definition) is 4. The Morgan fingerprint density at radius 3 is 2.35 bits per heavy atom. The molecule has 210 valence electrons. The van der Waals surface area contributed by atoms with Gasteiger partial charge < -0.3 is 18.9 Å². The number of amides is 1. The van der Waals surface area contributed by atoms with Gasteiger partial charge in [-0.25, -0.2) is 4.79 Å². The molecule has 40 heavy (non-hydrogen) atoms. The van der Waals surface area contributed by atoms with Crippen LogP contribution in [0.15, 0.2) is 71.7 Å². The average molecular weight is 554 g/mol. The van der Waals surface area contributed by atoms with Crippen LogP contribution in [0, 0.1) is 0 Å². The number of rotatable bonds is 4.